The Hall–Kier alpha value is -5.59. The summed E-state index contributed by atoms with van der Waals surface area (Å²) in [5.74, 6) is 0.451. The molecule has 0 aliphatic carbocycles. The smallest absolute Gasteiger partial charge is 1.00 e. The van der Waals surface area contributed by atoms with Crippen molar-refractivity contribution in [3.8, 4) is 34.7 Å². The van der Waals surface area contributed by atoms with E-state index < -0.39 is 0 Å². The molecule has 4 aromatic carbocycles. The number of fused-ring (bicyclic) bond motifs is 4. The number of carbonyl (C=O) groups excluding carboxylic acids is 2. The van der Waals surface area contributed by atoms with E-state index in [1.807, 2.05) is 54.6 Å². The Morgan fingerprint density at radius 3 is 1.51 bits per heavy atom. The number of nitrogen functional groups attached to an aromatic ring is 1. The number of ketones is 2. The quantitative estimate of drug-likeness (QED) is 0.0574. The Morgan fingerprint density at radius 1 is 0.657 bits per heavy atom. The fraction of sp³-hybridized carbons (Fsp3) is 0.294. The van der Waals surface area contributed by atoms with Gasteiger partial charge in [0, 0.05) is 122 Å². The van der Waals surface area contributed by atoms with Crippen LogP contribution in [0.1, 0.15) is 68.1 Å². The maximum absolute atomic E-state index is 12.1. The molecule has 4 atom stereocenters. The molecule has 6 aliphatic rings. The molecule has 6 saturated heterocycles. The number of piperidine rings is 2. The number of anilines is 5. The van der Waals surface area contributed by atoms with Crippen LogP contribution < -0.4 is 72.2 Å². The molecule has 6 aromatic rings. The van der Waals surface area contributed by atoms with E-state index in [9.17, 15) is 9.59 Å². The Morgan fingerprint density at radius 2 is 1.07 bits per heavy atom. The number of nitrogens with one attached hydrogen (secondary N) is 1. The van der Waals surface area contributed by atoms with Crippen LogP contribution in [0.2, 0.25) is 5.28 Å². The summed E-state index contributed by atoms with van der Waals surface area (Å²) in [7, 11) is 0. The Labute approximate surface area is 440 Å². The van der Waals surface area contributed by atoms with Gasteiger partial charge in [-0.1, -0.05) is 56.0 Å². The molecule has 338 valence electrons. The van der Waals surface area contributed by atoms with Gasteiger partial charge in [-0.2, -0.15) is 10.5 Å². The standard InChI is InChI=1S/C25H23N5O2.C14H10ClN3O.C11H14N2O.CH4.K.H/c26-12-1-2-24(31)18-5-3-17(4-6-18)23-11-13-27-25(29-23)28-19-7-9-20(10-8-19)30-15-21-14-22(16-30)32-21;15-14-17-9-7-12(18-14)10-3-5-11(6-4-10)13(19)2-1-8-16;12-8-1-3-9(4-2-8)13-6-10-5-11(7-13)14-10;;;/h3-11,13,21-22H,1-2,14-16H2,(H,27,28,29);3-7,9H,1-2H2;1-4,10-11H,5-7,12H2;1H4;;/q;;;;+1;-1/t21-,22+;;10-,11+;;;. The van der Waals surface area contributed by atoms with E-state index >= 15 is 0 Å². The number of nitriles is 2. The molecule has 2 aromatic heterocycles. The third-order valence-corrected chi connectivity index (χ3v) is 11.7. The molecule has 0 unspecified atom stereocenters. The fourth-order valence-corrected chi connectivity index (χ4v) is 8.21. The van der Waals surface area contributed by atoms with Crippen molar-refractivity contribution in [1.29, 1.82) is 10.5 Å². The Bertz CT molecular complexity index is 2650. The van der Waals surface area contributed by atoms with Gasteiger partial charge in [-0.15, -0.1) is 0 Å². The van der Waals surface area contributed by atoms with Gasteiger partial charge in [0.05, 0.1) is 47.9 Å². The topological polar surface area (TPSA) is 196 Å². The molecule has 8 heterocycles. The first-order valence-corrected chi connectivity index (χ1v) is 21.9. The molecular weight excluding hydrogens is 891 g/mol. The zero-order valence-corrected chi connectivity index (χ0v) is 40.5. The largest absolute Gasteiger partial charge is 1.00 e. The third-order valence-electron chi connectivity index (χ3n) is 11.5. The maximum Gasteiger partial charge on any atom is 1.00 e. The second-order valence-corrected chi connectivity index (χ2v) is 16.4. The predicted octanol–water partition coefficient (Wildman–Crippen LogP) is 6.63. The fourth-order valence-electron chi connectivity index (χ4n) is 8.06. The SMILES string of the molecule is C.N#CCCC(=O)c1ccc(-c2ccnc(Cl)n2)cc1.N#CCCC(=O)c1ccc(-c2ccnc(Nc3ccc(N4C[C@H]5C[C@@H](C4)O5)cc3)n2)cc1.Nc1ccc(N2C[C@H]3C[C@@H](C2)O3)cc1.[H-].[K+]. The van der Waals surface area contributed by atoms with E-state index in [0.717, 1.165) is 54.4 Å². The Balaban J connectivity index is 0.000000205. The minimum atomic E-state index is -0.0335. The van der Waals surface area contributed by atoms with Crippen molar-refractivity contribution in [3.63, 3.8) is 0 Å². The minimum Gasteiger partial charge on any atom is -1.00 e. The van der Waals surface area contributed by atoms with Crippen LogP contribution in [0.5, 0.6) is 0 Å². The van der Waals surface area contributed by atoms with Gasteiger partial charge in [0.25, 0.3) is 0 Å². The van der Waals surface area contributed by atoms with Gasteiger partial charge in [-0.3, -0.25) is 9.59 Å². The van der Waals surface area contributed by atoms with Gasteiger partial charge in [0.2, 0.25) is 11.2 Å². The number of ether oxygens (including phenoxy) is 2. The zero-order chi connectivity index (χ0) is 45.1. The first-order valence-electron chi connectivity index (χ1n) is 21.6. The molecule has 0 radical (unpaired) electrons. The number of nitrogens with zero attached hydrogens (tertiary/aromatic N) is 8. The van der Waals surface area contributed by atoms with Crippen molar-refractivity contribution in [2.24, 2.45) is 0 Å². The van der Waals surface area contributed by atoms with Gasteiger partial charge in [-0.25, -0.2) is 19.9 Å². The van der Waals surface area contributed by atoms with Crippen LogP contribution in [0, 0.1) is 22.7 Å². The summed E-state index contributed by atoms with van der Waals surface area (Å²) >= 11 is 5.73. The summed E-state index contributed by atoms with van der Waals surface area (Å²) < 4.78 is 11.3. The normalized spacial score (nSPS) is 18.1. The average Bonchev–Trinajstić information content (AvgIpc) is 3.33. The molecule has 12 rings (SSSR count). The van der Waals surface area contributed by atoms with E-state index in [1.54, 1.807) is 54.9 Å². The number of hydrogen-bond donors (Lipinski definition) is 2. The van der Waals surface area contributed by atoms with Crippen molar-refractivity contribution in [1.82, 2.24) is 19.9 Å². The molecule has 6 aliphatic heterocycles. The molecule has 4 bridgehead atoms. The number of benzene rings is 4. The molecular formula is C51H52ClKN10O4. The van der Waals surface area contributed by atoms with Crippen molar-refractivity contribution < 1.29 is 71.9 Å². The number of aromatic nitrogens is 4. The van der Waals surface area contributed by atoms with E-state index in [1.165, 1.54) is 24.2 Å². The number of morpholine rings is 2. The number of halogens is 1. The van der Waals surface area contributed by atoms with Crippen LogP contribution in [0.4, 0.5) is 28.7 Å². The number of carbonyl (C=O) groups is 2. The molecule has 14 nitrogen and oxygen atoms in total. The van der Waals surface area contributed by atoms with Gasteiger partial charge < -0.3 is 31.8 Å². The number of rotatable bonds is 12. The summed E-state index contributed by atoms with van der Waals surface area (Å²) in [6.45, 7) is 3.97. The van der Waals surface area contributed by atoms with Crippen LogP contribution in [0.25, 0.3) is 22.5 Å². The number of Topliss-reactive ketones (excluding diaryl/α,β-unsaturated/α-hetero) is 2. The van der Waals surface area contributed by atoms with Crippen LogP contribution in [-0.2, 0) is 9.47 Å². The molecule has 67 heavy (non-hydrogen) atoms. The summed E-state index contributed by atoms with van der Waals surface area (Å²) in [6.07, 6.45) is 8.37. The minimum absolute atomic E-state index is 0. The monoisotopic (exact) mass is 942 g/mol. The zero-order valence-electron chi connectivity index (χ0n) is 37.6. The second-order valence-electron chi connectivity index (χ2n) is 16.1. The summed E-state index contributed by atoms with van der Waals surface area (Å²) in [5.41, 5.74) is 14.3. The van der Waals surface area contributed by atoms with E-state index in [4.69, 9.17) is 37.3 Å². The van der Waals surface area contributed by atoms with Gasteiger partial charge in [0.15, 0.2) is 11.6 Å². The number of hydrogen-bond acceptors (Lipinski definition) is 14. The Kier molecular flexibility index (Phi) is 18.5. The second kappa shape index (κ2) is 24.4. The number of nitrogens with two attached hydrogens (primary N) is 1. The summed E-state index contributed by atoms with van der Waals surface area (Å²) in [5, 5.41) is 20.5. The summed E-state index contributed by atoms with van der Waals surface area (Å²) in [4.78, 5) is 45.4. The molecule has 0 saturated carbocycles. The van der Waals surface area contributed by atoms with Crippen molar-refractivity contribution >= 4 is 51.9 Å². The van der Waals surface area contributed by atoms with E-state index in [0.29, 0.717) is 47.2 Å². The van der Waals surface area contributed by atoms with Crippen molar-refractivity contribution in [3.05, 3.63) is 138 Å². The van der Waals surface area contributed by atoms with Crippen LogP contribution >= 0.6 is 11.6 Å². The first-order chi connectivity index (χ1) is 31.7. The third kappa shape index (κ3) is 13.8. The van der Waals surface area contributed by atoms with E-state index in [2.05, 4.69) is 59.3 Å². The van der Waals surface area contributed by atoms with Crippen molar-refractivity contribution in [2.75, 3.05) is 47.0 Å². The van der Waals surface area contributed by atoms with Crippen LogP contribution in [0.3, 0.4) is 0 Å². The molecule has 3 N–H and O–H groups in total. The van der Waals surface area contributed by atoms with Crippen molar-refractivity contribution in [2.45, 2.75) is 70.4 Å². The average molecular weight is 944 g/mol. The van der Waals surface area contributed by atoms with Gasteiger partial charge >= 0.3 is 51.4 Å². The molecule has 6 fully saturated rings. The maximum atomic E-state index is 12.1. The molecule has 16 heteroatoms. The van der Waals surface area contributed by atoms with Gasteiger partial charge in [0.1, 0.15) is 0 Å². The van der Waals surface area contributed by atoms with Crippen LogP contribution in [-0.4, -0.2) is 82.1 Å². The molecule has 0 spiro atoms. The first kappa shape index (κ1) is 50.8. The summed E-state index contributed by atoms with van der Waals surface area (Å²) in [6, 6.07) is 38.3. The van der Waals surface area contributed by atoms with E-state index in [-0.39, 0.29) is 103 Å². The van der Waals surface area contributed by atoms with Gasteiger partial charge in [-0.05, 0) is 72.3 Å². The molecule has 0 amide bonds. The van der Waals surface area contributed by atoms with Crippen LogP contribution in [0.15, 0.2) is 122 Å². The predicted molar refractivity (Wildman–Crippen MR) is 258 cm³/mol.